The number of amides is 1. The zero-order valence-corrected chi connectivity index (χ0v) is 52.2. The van der Waals surface area contributed by atoms with Gasteiger partial charge in [0.25, 0.3) is 0 Å². The highest BCUT2D eigenvalue weighted by Gasteiger charge is 2.51. The van der Waals surface area contributed by atoms with E-state index in [0.717, 1.165) is 57.8 Å². The van der Waals surface area contributed by atoms with Crippen molar-refractivity contribution in [1.82, 2.24) is 5.32 Å². The number of rotatable bonds is 54. The number of carbonyl (C=O) groups excluding carboxylic acids is 1. The molecule has 14 heteroatoms. The van der Waals surface area contributed by atoms with Gasteiger partial charge in [0.15, 0.2) is 12.6 Å². The first-order valence-electron chi connectivity index (χ1n) is 33.7. The second-order valence-electron chi connectivity index (χ2n) is 23.6. The van der Waals surface area contributed by atoms with Crippen LogP contribution >= 0.6 is 0 Å². The van der Waals surface area contributed by atoms with Crippen molar-refractivity contribution in [2.75, 3.05) is 19.8 Å². The number of allylic oxidation sites excluding steroid dienone is 11. The average Bonchev–Trinajstić information content (AvgIpc) is 3.61. The molecule has 2 aliphatic rings. The third kappa shape index (κ3) is 38.4. The van der Waals surface area contributed by atoms with Gasteiger partial charge < -0.3 is 65.1 Å². The third-order valence-corrected chi connectivity index (χ3v) is 16.1. The van der Waals surface area contributed by atoms with Crippen LogP contribution in [0.2, 0.25) is 0 Å². The number of unbranched alkanes of at least 4 members (excludes halogenated alkanes) is 31. The van der Waals surface area contributed by atoms with Crippen molar-refractivity contribution < 1.29 is 64.6 Å². The second kappa shape index (κ2) is 53.7. The van der Waals surface area contributed by atoms with Crippen LogP contribution in [0, 0.1) is 0 Å². The first kappa shape index (κ1) is 76.5. The molecule has 2 aliphatic heterocycles. The van der Waals surface area contributed by atoms with E-state index >= 15 is 0 Å². The number of aliphatic hydroxyl groups excluding tert-OH is 8. The Morgan fingerprint density at radius 2 is 0.807 bits per heavy atom. The fraction of sp³-hybridized carbons (Fsp3) is 0.812. The predicted octanol–water partition coefficient (Wildman–Crippen LogP) is 13.1. The fourth-order valence-electron chi connectivity index (χ4n) is 10.7. The lowest BCUT2D eigenvalue weighted by Gasteiger charge is -2.46. The molecule has 12 unspecified atom stereocenters. The molecule has 0 aromatic carbocycles. The molecule has 1 amide bonds. The highest BCUT2D eigenvalue weighted by molar-refractivity contribution is 5.76. The SMILES string of the molecule is CCCCCC/C=C/CC/C=C/CC/C=C/C(O)C(COC1OC(CO)C(OC2OC(CO)C(O)C(O)C2O)C(O)C1O)NC(=O)CCCCCCCCCCCCCCCCCCCCCC/C=C\C/C=C\C/C=C\CCCCCCC. The first-order valence-corrected chi connectivity index (χ1v) is 33.7. The van der Waals surface area contributed by atoms with Crippen LogP contribution in [0.25, 0.3) is 0 Å². The molecule has 0 saturated carbocycles. The molecular weight excluding hydrogens is 1050 g/mol. The number of hydrogen-bond acceptors (Lipinski definition) is 13. The fourth-order valence-corrected chi connectivity index (χ4v) is 10.7. The molecule has 2 fully saturated rings. The molecule has 0 bridgehead atoms. The van der Waals surface area contributed by atoms with Crippen LogP contribution in [0.3, 0.4) is 0 Å². The minimum atomic E-state index is -1.79. The smallest absolute Gasteiger partial charge is 0.220 e. The van der Waals surface area contributed by atoms with Crippen molar-refractivity contribution in [2.45, 2.75) is 338 Å². The Labute approximate surface area is 504 Å². The molecule has 2 rings (SSSR count). The number of hydrogen-bond donors (Lipinski definition) is 9. The van der Waals surface area contributed by atoms with Crippen molar-refractivity contribution in [1.29, 1.82) is 0 Å². The molecular formula is C69H123NO13. The predicted molar refractivity (Wildman–Crippen MR) is 337 cm³/mol. The summed E-state index contributed by atoms with van der Waals surface area (Å²) in [5.41, 5.74) is 0. The Kier molecular flexibility index (Phi) is 49.5. The molecule has 2 heterocycles. The average molecular weight is 1170 g/mol. The minimum absolute atomic E-state index is 0.253. The summed E-state index contributed by atoms with van der Waals surface area (Å²) in [6.07, 6.45) is 55.4. The van der Waals surface area contributed by atoms with Gasteiger partial charge in [-0.25, -0.2) is 0 Å². The Bertz CT molecular complexity index is 1670. The van der Waals surface area contributed by atoms with E-state index in [9.17, 15) is 45.6 Å². The zero-order chi connectivity index (χ0) is 60.2. The minimum Gasteiger partial charge on any atom is -0.394 e. The third-order valence-electron chi connectivity index (χ3n) is 16.1. The van der Waals surface area contributed by atoms with Crippen molar-refractivity contribution in [3.05, 3.63) is 72.9 Å². The van der Waals surface area contributed by atoms with E-state index in [1.165, 1.54) is 173 Å². The summed E-state index contributed by atoms with van der Waals surface area (Å²) in [7, 11) is 0. The first-order chi connectivity index (χ1) is 40.6. The molecule has 0 aliphatic carbocycles. The van der Waals surface area contributed by atoms with Crippen LogP contribution in [0.4, 0.5) is 0 Å². The summed E-state index contributed by atoms with van der Waals surface area (Å²) in [6, 6.07) is -0.939. The van der Waals surface area contributed by atoms with E-state index in [0.29, 0.717) is 12.8 Å². The van der Waals surface area contributed by atoms with E-state index in [1.54, 1.807) is 6.08 Å². The molecule has 0 aromatic rings. The number of nitrogens with one attached hydrogen (secondary N) is 1. The van der Waals surface area contributed by atoms with Crippen molar-refractivity contribution >= 4 is 5.91 Å². The lowest BCUT2D eigenvalue weighted by molar-refractivity contribution is -0.359. The van der Waals surface area contributed by atoms with Crippen molar-refractivity contribution in [3.63, 3.8) is 0 Å². The lowest BCUT2D eigenvalue weighted by Crippen LogP contribution is -2.65. The Balaban J connectivity index is 1.62. The van der Waals surface area contributed by atoms with Crippen LogP contribution in [0.1, 0.15) is 264 Å². The largest absolute Gasteiger partial charge is 0.394 e. The monoisotopic (exact) mass is 1170 g/mol. The van der Waals surface area contributed by atoms with Crippen LogP contribution in [-0.2, 0) is 23.7 Å². The van der Waals surface area contributed by atoms with Gasteiger partial charge in [0, 0.05) is 6.42 Å². The van der Waals surface area contributed by atoms with E-state index < -0.39 is 86.8 Å². The maximum atomic E-state index is 13.3. The molecule has 482 valence electrons. The molecule has 2 saturated heterocycles. The van der Waals surface area contributed by atoms with Crippen LogP contribution in [0.15, 0.2) is 72.9 Å². The Morgan fingerprint density at radius 1 is 0.434 bits per heavy atom. The molecule has 0 spiro atoms. The van der Waals surface area contributed by atoms with E-state index in [2.05, 4.69) is 79.9 Å². The molecule has 14 nitrogen and oxygen atoms in total. The summed E-state index contributed by atoms with van der Waals surface area (Å²) in [5, 5.41) is 87.1. The molecule has 0 aromatic heterocycles. The highest BCUT2D eigenvalue weighted by Crippen LogP contribution is 2.30. The van der Waals surface area contributed by atoms with Crippen molar-refractivity contribution in [2.24, 2.45) is 0 Å². The van der Waals surface area contributed by atoms with Gasteiger partial charge in [0.1, 0.15) is 48.8 Å². The number of carbonyl (C=O) groups is 1. The number of ether oxygens (including phenoxy) is 4. The van der Waals surface area contributed by atoms with Gasteiger partial charge in [0.05, 0.1) is 32.0 Å². The van der Waals surface area contributed by atoms with Gasteiger partial charge in [-0.2, -0.15) is 0 Å². The van der Waals surface area contributed by atoms with Gasteiger partial charge in [0.2, 0.25) is 5.91 Å². The van der Waals surface area contributed by atoms with Crippen LogP contribution < -0.4 is 5.32 Å². The standard InChI is InChI=1S/C69H123NO13/c1-3-5-7-9-11-13-15-17-19-20-21-22-23-24-25-26-27-28-29-30-31-32-33-34-35-36-37-38-39-41-43-45-47-49-51-53-61(74)70-57(58(73)52-50-48-46-44-42-40-18-16-14-12-10-8-6-4-2)56-80-68-66(79)64(77)67(60(55-72)82-68)83-69-65(78)63(76)62(75)59(54-71)81-69/h14-17,20-21,23-24,42,44,50,52,57-60,62-69,71-73,75-79H,3-13,18-19,22,25-41,43,45-49,51,53-56H2,1-2H3,(H,70,74)/b16-14+,17-15-,21-20-,24-23-,44-42+,52-50+. The van der Waals surface area contributed by atoms with E-state index in [-0.39, 0.29) is 18.9 Å². The Hall–Kier alpha value is -2.57. The van der Waals surface area contributed by atoms with Crippen LogP contribution in [0.5, 0.6) is 0 Å². The normalized spacial score (nSPS) is 24.3. The van der Waals surface area contributed by atoms with Gasteiger partial charge in [-0.3, -0.25) is 4.79 Å². The topological polar surface area (TPSA) is 228 Å². The summed E-state index contributed by atoms with van der Waals surface area (Å²) in [6.45, 7) is 2.74. The van der Waals surface area contributed by atoms with Gasteiger partial charge in [-0.05, 0) is 83.5 Å². The van der Waals surface area contributed by atoms with Gasteiger partial charge in [-0.1, -0.05) is 247 Å². The Morgan fingerprint density at radius 3 is 1.28 bits per heavy atom. The quantitative estimate of drug-likeness (QED) is 0.0204. The molecule has 12 atom stereocenters. The number of aliphatic hydroxyl groups is 8. The zero-order valence-electron chi connectivity index (χ0n) is 52.2. The molecule has 0 radical (unpaired) electrons. The van der Waals surface area contributed by atoms with Crippen molar-refractivity contribution in [3.8, 4) is 0 Å². The maximum Gasteiger partial charge on any atom is 0.220 e. The van der Waals surface area contributed by atoms with E-state index in [4.69, 9.17) is 18.9 Å². The lowest BCUT2D eigenvalue weighted by atomic mass is 9.97. The summed E-state index contributed by atoms with van der Waals surface area (Å²) in [4.78, 5) is 13.3. The molecule has 9 N–H and O–H groups in total. The summed E-state index contributed by atoms with van der Waals surface area (Å²) in [5.74, 6) is -0.253. The summed E-state index contributed by atoms with van der Waals surface area (Å²) >= 11 is 0. The maximum absolute atomic E-state index is 13.3. The van der Waals surface area contributed by atoms with Gasteiger partial charge >= 0.3 is 0 Å². The highest BCUT2D eigenvalue weighted by atomic mass is 16.7. The van der Waals surface area contributed by atoms with E-state index in [1.807, 2.05) is 6.08 Å². The summed E-state index contributed by atoms with van der Waals surface area (Å²) < 4.78 is 22.8. The molecule has 83 heavy (non-hydrogen) atoms. The second-order valence-corrected chi connectivity index (χ2v) is 23.6. The van der Waals surface area contributed by atoms with Crippen LogP contribution in [-0.4, -0.2) is 140 Å². The van der Waals surface area contributed by atoms with Gasteiger partial charge in [-0.15, -0.1) is 0 Å².